The van der Waals surface area contributed by atoms with Crippen LogP contribution in [0.15, 0.2) is 27.3 Å². The molecule has 0 spiro atoms. The first-order chi connectivity index (χ1) is 10.1. The van der Waals surface area contributed by atoms with E-state index in [1.165, 1.54) is 12.8 Å². The molecule has 1 saturated carbocycles. The first-order valence-corrected chi connectivity index (χ1v) is 7.65. The molecule has 1 N–H and O–H groups in total. The van der Waals surface area contributed by atoms with E-state index in [1.54, 1.807) is 25.1 Å². The van der Waals surface area contributed by atoms with Crippen molar-refractivity contribution in [3.05, 3.63) is 40.2 Å². The summed E-state index contributed by atoms with van der Waals surface area (Å²) in [5.41, 5.74) is 0.366. The lowest BCUT2D eigenvalue weighted by Crippen LogP contribution is -2.30. The van der Waals surface area contributed by atoms with Crippen LogP contribution in [0.4, 0.5) is 0 Å². The highest BCUT2D eigenvalue weighted by Gasteiger charge is 2.30. The number of carbonyl (C=O) groups excluding carboxylic acids is 1. The molecule has 0 aromatic carbocycles. The predicted molar refractivity (Wildman–Crippen MR) is 78.5 cm³/mol. The maximum atomic E-state index is 12.3. The number of amides is 1. The fraction of sp³-hybridized carbons (Fsp3) is 0.429. The molecule has 0 radical (unpaired) electrons. The summed E-state index contributed by atoms with van der Waals surface area (Å²) in [5, 5.41) is 6.88. The Morgan fingerprint density at radius 3 is 2.90 bits per heavy atom. The molecule has 1 atom stereocenters. The summed E-state index contributed by atoms with van der Waals surface area (Å²) in [6.07, 6.45) is 3.22. The average molecular weight is 351 g/mol. The van der Waals surface area contributed by atoms with Gasteiger partial charge >= 0.3 is 0 Å². The summed E-state index contributed by atoms with van der Waals surface area (Å²) in [4.78, 5) is 20.7. The molecule has 0 bridgehead atoms. The van der Waals surface area contributed by atoms with E-state index in [2.05, 4.69) is 36.4 Å². The van der Waals surface area contributed by atoms with E-state index in [1.807, 2.05) is 0 Å². The van der Waals surface area contributed by atoms with Crippen molar-refractivity contribution < 1.29 is 9.32 Å². The zero-order valence-electron chi connectivity index (χ0n) is 11.5. The minimum atomic E-state index is -0.233. The lowest BCUT2D eigenvalue weighted by atomic mass is 10.1. The van der Waals surface area contributed by atoms with Crippen LogP contribution in [0, 0.1) is 12.8 Å². The molecule has 0 aliphatic heterocycles. The van der Waals surface area contributed by atoms with Gasteiger partial charge in [0.2, 0.25) is 5.89 Å². The number of aryl methyl sites for hydroxylation is 1. The second kappa shape index (κ2) is 5.93. The standard InChI is InChI=1S/C14H15BrN4O2/c1-8-16-13(19-21-8)11(7-9-5-6-9)18-14(20)10-3-2-4-12(15)17-10/h2-4,9,11H,5-7H2,1H3,(H,18,20). The van der Waals surface area contributed by atoms with E-state index in [0.29, 0.717) is 27.9 Å². The van der Waals surface area contributed by atoms with Gasteiger partial charge in [-0.2, -0.15) is 4.98 Å². The van der Waals surface area contributed by atoms with E-state index in [9.17, 15) is 4.79 Å². The summed E-state index contributed by atoms with van der Waals surface area (Å²) in [6, 6.07) is 5.00. The van der Waals surface area contributed by atoms with Crippen molar-refractivity contribution >= 4 is 21.8 Å². The van der Waals surface area contributed by atoms with Gasteiger partial charge in [0.15, 0.2) is 5.82 Å². The molecular formula is C14H15BrN4O2. The van der Waals surface area contributed by atoms with Gasteiger partial charge in [0.25, 0.3) is 5.91 Å². The minimum absolute atomic E-state index is 0.232. The van der Waals surface area contributed by atoms with Crippen LogP contribution in [-0.2, 0) is 0 Å². The van der Waals surface area contributed by atoms with Crippen LogP contribution in [-0.4, -0.2) is 21.0 Å². The number of pyridine rings is 1. The highest BCUT2D eigenvalue weighted by molar-refractivity contribution is 9.10. The van der Waals surface area contributed by atoms with Crippen molar-refractivity contribution in [1.82, 2.24) is 20.4 Å². The number of aromatic nitrogens is 3. The smallest absolute Gasteiger partial charge is 0.270 e. The number of nitrogens with one attached hydrogen (secondary N) is 1. The van der Waals surface area contributed by atoms with Gasteiger partial charge in [-0.3, -0.25) is 4.79 Å². The van der Waals surface area contributed by atoms with Crippen LogP contribution in [0.3, 0.4) is 0 Å². The Morgan fingerprint density at radius 2 is 2.29 bits per heavy atom. The topological polar surface area (TPSA) is 80.9 Å². The van der Waals surface area contributed by atoms with Gasteiger partial charge in [-0.1, -0.05) is 24.1 Å². The number of carbonyl (C=O) groups is 1. The Bertz CT molecular complexity index is 654. The van der Waals surface area contributed by atoms with Gasteiger partial charge in [-0.15, -0.1) is 0 Å². The average Bonchev–Trinajstić information content (AvgIpc) is 3.17. The first-order valence-electron chi connectivity index (χ1n) is 6.85. The van der Waals surface area contributed by atoms with Crippen LogP contribution < -0.4 is 5.32 Å². The van der Waals surface area contributed by atoms with Crippen LogP contribution in [0.2, 0.25) is 0 Å². The third-order valence-electron chi connectivity index (χ3n) is 3.37. The second-order valence-electron chi connectivity index (χ2n) is 5.22. The van der Waals surface area contributed by atoms with Crippen molar-refractivity contribution in [3.8, 4) is 0 Å². The van der Waals surface area contributed by atoms with Crippen molar-refractivity contribution in [3.63, 3.8) is 0 Å². The summed E-state index contributed by atoms with van der Waals surface area (Å²) in [5.74, 6) is 1.43. The van der Waals surface area contributed by atoms with Crippen LogP contribution >= 0.6 is 15.9 Å². The van der Waals surface area contributed by atoms with Gasteiger partial charge in [0, 0.05) is 6.92 Å². The molecule has 2 aromatic rings. The van der Waals surface area contributed by atoms with Crippen molar-refractivity contribution in [2.24, 2.45) is 5.92 Å². The van der Waals surface area contributed by atoms with E-state index < -0.39 is 0 Å². The second-order valence-corrected chi connectivity index (χ2v) is 6.03. The predicted octanol–water partition coefficient (Wildman–Crippen LogP) is 2.81. The molecule has 2 heterocycles. The maximum Gasteiger partial charge on any atom is 0.270 e. The minimum Gasteiger partial charge on any atom is -0.341 e. The quantitative estimate of drug-likeness (QED) is 0.838. The number of hydrogen-bond donors (Lipinski definition) is 1. The van der Waals surface area contributed by atoms with E-state index >= 15 is 0 Å². The Morgan fingerprint density at radius 1 is 1.48 bits per heavy atom. The van der Waals surface area contributed by atoms with Crippen LogP contribution in [0.25, 0.3) is 0 Å². The maximum absolute atomic E-state index is 12.3. The lowest BCUT2D eigenvalue weighted by molar-refractivity contribution is 0.0925. The molecule has 21 heavy (non-hydrogen) atoms. The van der Waals surface area contributed by atoms with Crippen LogP contribution in [0.1, 0.15) is 47.5 Å². The fourth-order valence-corrected chi connectivity index (χ4v) is 2.48. The summed E-state index contributed by atoms with van der Waals surface area (Å²) in [6.45, 7) is 1.74. The van der Waals surface area contributed by atoms with E-state index in [-0.39, 0.29) is 11.9 Å². The molecule has 1 amide bonds. The van der Waals surface area contributed by atoms with E-state index in [0.717, 1.165) is 6.42 Å². The summed E-state index contributed by atoms with van der Waals surface area (Å²) >= 11 is 3.26. The number of rotatable bonds is 5. The molecule has 0 saturated heterocycles. The van der Waals surface area contributed by atoms with Crippen molar-refractivity contribution in [2.45, 2.75) is 32.2 Å². The monoisotopic (exact) mass is 350 g/mol. The molecule has 1 aliphatic carbocycles. The molecule has 7 heteroatoms. The Labute approximate surface area is 130 Å². The highest BCUT2D eigenvalue weighted by atomic mass is 79.9. The number of halogens is 1. The first kappa shape index (κ1) is 14.2. The zero-order chi connectivity index (χ0) is 14.8. The Kier molecular flexibility index (Phi) is 4.01. The van der Waals surface area contributed by atoms with Crippen molar-refractivity contribution in [1.29, 1.82) is 0 Å². The fourth-order valence-electron chi connectivity index (χ4n) is 2.14. The largest absolute Gasteiger partial charge is 0.341 e. The normalized spacial score (nSPS) is 15.7. The highest BCUT2D eigenvalue weighted by Crippen LogP contribution is 2.37. The molecule has 1 fully saturated rings. The van der Waals surface area contributed by atoms with Crippen molar-refractivity contribution in [2.75, 3.05) is 0 Å². The molecule has 3 rings (SSSR count). The van der Waals surface area contributed by atoms with Crippen LogP contribution in [0.5, 0.6) is 0 Å². The number of hydrogen-bond acceptors (Lipinski definition) is 5. The zero-order valence-corrected chi connectivity index (χ0v) is 13.1. The van der Waals surface area contributed by atoms with Gasteiger partial charge in [-0.25, -0.2) is 4.98 Å². The third-order valence-corrected chi connectivity index (χ3v) is 3.82. The molecule has 6 nitrogen and oxygen atoms in total. The molecule has 1 aliphatic rings. The van der Waals surface area contributed by atoms with Gasteiger partial charge < -0.3 is 9.84 Å². The van der Waals surface area contributed by atoms with Gasteiger partial charge in [-0.05, 0) is 40.4 Å². The third kappa shape index (κ3) is 3.66. The summed E-state index contributed by atoms with van der Waals surface area (Å²) in [7, 11) is 0. The SMILES string of the molecule is Cc1nc(C(CC2CC2)NC(=O)c2cccc(Br)n2)no1. The van der Waals surface area contributed by atoms with E-state index in [4.69, 9.17) is 4.52 Å². The molecule has 110 valence electrons. The van der Waals surface area contributed by atoms with Gasteiger partial charge in [0.1, 0.15) is 10.3 Å². The Hall–Kier alpha value is -1.76. The molecule has 1 unspecified atom stereocenters. The molecule has 2 aromatic heterocycles. The van der Waals surface area contributed by atoms with Gasteiger partial charge in [0.05, 0.1) is 6.04 Å². The number of nitrogens with zero attached hydrogens (tertiary/aromatic N) is 3. The Balaban J connectivity index is 1.75. The summed E-state index contributed by atoms with van der Waals surface area (Å²) < 4.78 is 5.65. The molecular weight excluding hydrogens is 336 g/mol. The lowest BCUT2D eigenvalue weighted by Gasteiger charge is -2.14.